The Hall–Kier alpha value is -2.67. The van der Waals surface area contributed by atoms with Gasteiger partial charge in [-0.15, -0.1) is 0 Å². The second-order valence-corrected chi connectivity index (χ2v) is 10.5. The largest absolute Gasteiger partial charge is 0.482 e. The maximum atomic E-state index is 13.9. The summed E-state index contributed by atoms with van der Waals surface area (Å²) in [4.78, 5) is 11.4. The molecule has 0 saturated carbocycles. The molecule has 1 saturated heterocycles. The van der Waals surface area contributed by atoms with Crippen molar-refractivity contribution in [2.45, 2.75) is 44.1 Å². The summed E-state index contributed by atoms with van der Waals surface area (Å²) >= 11 is 0. The molecule has 1 aliphatic rings. The Labute approximate surface area is 219 Å². The van der Waals surface area contributed by atoms with Gasteiger partial charge < -0.3 is 29.0 Å². The van der Waals surface area contributed by atoms with Gasteiger partial charge in [-0.1, -0.05) is 31.5 Å². The summed E-state index contributed by atoms with van der Waals surface area (Å²) in [5.41, 5.74) is 0. The molecule has 1 N–H and O–H groups in total. The van der Waals surface area contributed by atoms with Crippen molar-refractivity contribution >= 4 is 21.8 Å². The zero-order chi connectivity index (χ0) is 26.7. The van der Waals surface area contributed by atoms with Gasteiger partial charge in [0.2, 0.25) is 11.7 Å². The third kappa shape index (κ3) is 7.67. The van der Waals surface area contributed by atoms with E-state index in [-0.39, 0.29) is 54.8 Å². The number of unbranched alkanes of at least 4 members (excludes halogenated alkanes) is 1. The lowest BCUT2D eigenvalue weighted by Gasteiger charge is -2.30. The van der Waals surface area contributed by atoms with Gasteiger partial charge in [0.05, 0.1) is 30.8 Å². The van der Waals surface area contributed by atoms with Crippen molar-refractivity contribution in [2.24, 2.45) is 0 Å². The second-order valence-electron chi connectivity index (χ2n) is 8.61. The minimum Gasteiger partial charge on any atom is -0.482 e. The number of aromatic nitrogens is 2. The molecular weight excluding hydrogens is 500 g/mol. The minimum atomic E-state index is -3.99. The van der Waals surface area contributed by atoms with E-state index in [1.807, 2.05) is 18.7 Å². The molecule has 0 radical (unpaired) electrons. The number of hydrogen-bond donors (Lipinski definition) is 1. The highest BCUT2D eigenvalue weighted by Gasteiger charge is 2.33. The van der Waals surface area contributed by atoms with E-state index in [1.165, 1.54) is 4.31 Å². The summed E-state index contributed by atoms with van der Waals surface area (Å²) in [6.45, 7) is 6.39. The van der Waals surface area contributed by atoms with Gasteiger partial charge in [0, 0.05) is 39.8 Å². The number of benzene rings is 1. The Bertz CT molecular complexity index is 1070. The highest BCUT2D eigenvalue weighted by Crippen LogP contribution is 2.39. The highest BCUT2D eigenvalue weighted by atomic mass is 32.2. The molecule has 1 atom stereocenters. The van der Waals surface area contributed by atoms with E-state index in [0.29, 0.717) is 45.1 Å². The Morgan fingerprint density at radius 3 is 2.51 bits per heavy atom. The Kier molecular flexibility index (Phi) is 11.2. The number of aliphatic hydroxyl groups is 1. The number of hydrogen-bond acceptors (Lipinski definition) is 10. The molecule has 0 bridgehead atoms. The van der Waals surface area contributed by atoms with Crippen LogP contribution in [-0.2, 0) is 19.5 Å². The topological polar surface area (TPSA) is 124 Å². The van der Waals surface area contributed by atoms with Crippen LogP contribution in [0.2, 0.25) is 0 Å². The first-order chi connectivity index (χ1) is 17.9. The molecular formula is C25H38N4O7S. The van der Waals surface area contributed by atoms with Gasteiger partial charge in [0.1, 0.15) is 6.61 Å². The molecule has 12 heteroatoms. The van der Waals surface area contributed by atoms with Crippen molar-refractivity contribution in [3.8, 4) is 11.6 Å². The number of methoxy groups -OCH3 is 1. The van der Waals surface area contributed by atoms with Gasteiger partial charge in [0.15, 0.2) is 5.82 Å². The summed E-state index contributed by atoms with van der Waals surface area (Å²) in [5.74, 6) is 0.674. The second kappa shape index (κ2) is 14.3. The van der Waals surface area contributed by atoms with Gasteiger partial charge in [0.25, 0.3) is 15.9 Å². The zero-order valence-electron chi connectivity index (χ0n) is 21.8. The average Bonchev–Trinajstić information content (AvgIpc) is 2.93. The minimum absolute atomic E-state index is 0.0594. The standard InChI is InChI=1S/C25H38N4O7S/c1-4-5-12-29(37(31,32)21-10-7-6-8-11-21)23-22(36-19-20(2)33-3)24(35-16-9-15-30)27-25(26-23)28-13-17-34-18-14-28/h6-8,10-11,20,30H,4-5,9,12-19H2,1-3H3. The molecule has 206 valence electrons. The Balaban J connectivity index is 2.19. The van der Waals surface area contributed by atoms with Crippen LogP contribution < -0.4 is 18.7 Å². The molecule has 2 heterocycles. The monoisotopic (exact) mass is 538 g/mol. The molecule has 0 amide bonds. The Morgan fingerprint density at radius 2 is 1.86 bits per heavy atom. The number of rotatable bonds is 15. The molecule has 1 aliphatic heterocycles. The number of morpholine rings is 1. The van der Waals surface area contributed by atoms with Crippen molar-refractivity contribution in [1.29, 1.82) is 0 Å². The quantitative estimate of drug-likeness (QED) is 0.338. The molecule has 3 rings (SSSR count). The first-order valence-electron chi connectivity index (χ1n) is 12.6. The lowest BCUT2D eigenvalue weighted by molar-refractivity contribution is 0.0698. The predicted octanol–water partition coefficient (Wildman–Crippen LogP) is 2.48. The number of sulfonamides is 1. The molecule has 37 heavy (non-hydrogen) atoms. The summed E-state index contributed by atoms with van der Waals surface area (Å²) in [6, 6.07) is 8.26. The summed E-state index contributed by atoms with van der Waals surface area (Å²) in [5, 5.41) is 9.28. The zero-order valence-corrected chi connectivity index (χ0v) is 22.7. The fraction of sp³-hybridized carbons (Fsp3) is 0.600. The maximum Gasteiger partial charge on any atom is 0.265 e. The number of nitrogens with zero attached hydrogens (tertiary/aromatic N) is 4. The van der Waals surface area contributed by atoms with Crippen molar-refractivity contribution in [1.82, 2.24) is 9.97 Å². The van der Waals surface area contributed by atoms with E-state index in [4.69, 9.17) is 23.9 Å². The van der Waals surface area contributed by atoms with Crippen LogP contribution in [0, 0.1) is 0 Å². The lowest BCUT2D eigenvalue weighted by Crippen LogP contribution is -2.38. The van der Waals surface area contributed by atoms with Gasteiger partial charge in [-0.25, -0.2) is 12.7 Å². The molecule has 1 unspecified atom stereocenters. The van der Waals surface area contributed by atoms with E-state index in [2.05, 4.69) is 4.98 Å². The van der Waals surface area contributed by atoms with Crippen LogP contribution in [0.15, 0.2) is 35.2 Å². The van der Waals surface area contributed by atoms with E-state index in [1.54, 1.807) is 37.4 Å². The van der Waals surface area contributed by atoms with Crippen LogP contribution in [-0.4, -0.2) is 89.4 Å². The van der Waals surface area contributed by atoms with Crippen LogP contribution in [0.1, 0.15) is 33.1 Å². The normalized spacial score (nSPS) is 14.9. The molecule has 0 spiro atoms. The van der Waals surface area contributed by atoms with Crippen molar-refractivity contribution in [3.05, 3.63) is 30.3 Å². The van der Waals surface area contributed by atoms with E-state index in [0.717, 1.165) is 6.42 Å². The first-order valence-corrected chi connectivity index (χ1v) is 14.1. The number of aliphatic hydroxyl groups excluding tert-OH is 1. The van der Waals surface area contributed by atoms with Crippen LogP contribution in [0.5, 0.6) is 11.6 Å². The van der Waals surface area contributed by atoms with Gasteiger partial charge >= 0.3 is 0 Å². The maximum absolute atomic E-state index is 13.9. The van der Waals surface area contributed by atoms with E-state index < -0.39 is 10.0 Å². The van der Waals surface area contributed by atoms with E-state index >= 15 is 0 Å². The van der Waals surface area contributed by atoms with Gasteiger partial charge in [-0.3, -0.25) is 0 Å². The van der Waals surface area contributed by atoms with Crippen molar-refractivity contribution in [2.75, 3.05) is 69.0 Å². The van der Waals surface area contributed by atoms with Crippen LogP contribution in [0.3, 0.4) is 0 Å². The molecule has 1 fully saturated rings. The summed E-state index contributed by atoms with van der Waals surface area (Å²) in [7, 11) is -2.42. The van der Waals surface area contributed by atoms with Crippen molar-refractivity contribution in [3.63, 3.8) is 0 Å². The molecule has 0 aliphatic carbocycles. The lowest BCUT2D eigenvalue weighted by atomic mass is 10.3. The van der Waals surface area contributed by atoms with Crippen LogP contribution >= 0.6 is 0 Å². The molecule has 2 aromatic rings. The third-order valence-electron chi connectivity index (χ3n) is 5.79. The molecule has 1 aromatic carbocycles. The SMILES string of the molecule is CCCCN(c1nc(N2CCOCC2)nc(OCCCO)c1OCC(C)OC)S(=O)(=O)c1ccccc1. The predicted molar refractivity (Wildman–Crippen MR) is 140 cm³/mol. The molecule has 11 nitrogen and oxygen atoms in total. The third-order valence-corrected chi connectivity index (χ3v) is 7.59. The number of anilines is 2. The van der Waals surface area contributed by atoms with Gasteiger partial charge in [-0.05, 0) is 25.5 Å². The van der Waals surface area contributed by atoms with Crippen LogP contribution in [0.25, 0.3) is 0 Å². The highest BCUT2D eigenvalue weighted by molar-refractivity contribution is 7.92. The molecule has 1 aromatic heterocycles. The average molecular weight is 539 g/mol. The first kappa shape index (κ1) is 28.9. The number of ether oxygens (including phenoxy) is 4. The summed E-state index contributed by atoms with van der Waals surface area (Å²) < 4.78 is 52.0. The fourth-order valence-electron chi connectivity index (χ4n) is 3.57. The van der Waals surface area contributed by atoms with E-state index in [9.17, 15) is 13.5 Å². The Morgan fingerprint density at radius 1 is 1.14 bits per heavy atom. The fourth-order valence-corrected chi connectivity index (χ4v) is 5.05. The van der Waals surface area contributed by atoms with Crippen LogP contribution in [0.4, 0.5) is 11.8 Å². The van der Waals surface area contributed by atoms with Crippen molar-refractivity contribution < 1.29 is 32.5 Å². The smallest absolute Gasteiger partial charge is 0.265 e. The summed E-state index contributed by atoms with van der Waals surface area (Å²) in [6.07, 6.45) is 1.49. The van der Waals surface area contributed by atoms with Gasteiger partial charge in [-0.2, -0.15) is 9.97 Å².